The summed E-state index contributed by atoms with van der Waals surface area (Å²) >= 11 is 0. The zero-order chi connectivity index (χ0) is 17.8. The molecule has 1 aromatic carbocycles. The summed E-state index contributed by atoms with van der Waals surface area (Å²) in [6.45, 7) is 5.51. The van der Waals surface area contributed by atoms with E-state index >= 15 is 0 Å². The first-order chi connectivity index (χ1) is 12.0. The number of nitrogens with one attached hydrogen (secondary N) is 1. The van der Waals surface area contributed by atoms with Gasteiger partial charge in [-0.05, 0) is 49.9 Å². The zero-order valence-electron chi connectivity index (χ0n) is 14.5. The molecule has 1 N–H and O–H groups in total. The van der Waals surface area contributed by atoms with Crippen molar-refractivity contribution in [2.24, 2.45) is 5.92 Å². The van der Waals surface area contributed by atoms with E-state index in [0.29, 0.717) is 28.8 Å². The van der Waals surface area contributed by atoms with E-state index in [0.717, 1.165) is 31.6 Å². The molecule has 1 saturated heterocycles. The van der Waals surface area contributed by atoms with Crippen molar-refractivity contribution in [1.82, 2.24) is 14.9 Å². The molecule has 0 aliphatic carbocycles. The van der Waals surface area contributed by atoms with Crippen LogP contribution in [-0.2, 0) is 0 Å². The molecule has 0 saturated carbocycles. The maximum Gasteiger partial charge on any atom is 0.272 e. The van der Waals surface area contributed by atoms with Crippen molar-refractivity contribution in [2.75, 3.05) is 18.4 Å². The molecular weight excluding hydrogens is 314 g/mol. The second kappa shape index (κ2) is 7.31. The van der Waals surface area contributed by atoms with Crippen LogP contribution in [0.5, 0.6) is 0 Å². The maximum absolute atomic E-state index is 12.8. The minimum Gasteiger partial charge on any atom is -0.340 e. The number of nitriles is 1. The Bertz CT molecular complexity index is 810. The molecule has 0 radical (unpaired) electrons. The molecule has 25 heavy (non-hydrogen) atoms. The van der Waals surface area contributed by atoms with Gasteiger partial charge in [0.1, 0.15) is 17.3 Å². The Morgan fingerprint density at radius 2 is 2.08 bits per heavy atom. The highest BCUT2D eigenvalue weighted by Crippen LogP contribution is 2.20. The topological polar surface area (TPSA) is 81.9 Å². The van der Waals surface area contributed by atoms with Gasteiger partial charge in [-0.15, -0.1) is 0 Å². The van der Waals surface area contributed by atoms with Gasteiger partial charge in [0.25, 0.3) is 5.91 Å². The number of anilines is 2. The van der Waals surface area contributed by atoms with Crippen LogP contribution in [0.2, 0.25) is 0 Å². The molecule has 6 heteroatoms. The highest BCUT2D eigenvalue weighted by atomic mass is 16.2. The van der Waals surface area contributed by atoms with E-state index in [1.54, 1.807) is 25.1 Å². The lowest BCUT2D eigenvalue weighted by Crippen LogP contribution is -2.39. The number of piperidine rings is 1. The minimum absolute atomic E-state index is 0.0417. The van der Waals surface area contributed by atoms with E-state index in [-0.39, 0.29) is 5.91 Å². The van der Waals surface area contributed by atoms with Gasteiger partial charge < -0.3 is 10.2 Å². The lowest BCUT2D eigenvalue weighted by molar-refractivity contribution is 0.0676. The number of nitrogens with zero attached hydrogens (tertiary/aromatic N) is 4. The van der Waals surface area contributed by atoms with Gasteiger partial charge in [0, 0.05) is 24.8 Å². The van der Waals surface area contributed by atoms with Crippen LogP contribution in [0, 0.1) is 24.2 Å². The summed E-state index contributed by atoms with van der Waals surface area (Å²) in [5, 5.41) is 12.0. The average Bonchev–Trinajstić information content (AvgIpc) is 2.61. The minimum atomic E-state index is -0.0417. The Morgan fingerprint density at radius 3 is 2.76 bits per heavy atom. The predicted octanol–water partition coefficient (Wildman–Crippen LogP) is 3.27. The van der Waals surface area contributed by atoms with Crippen LogP contribution >= 0.6 is 0 Å². The summed E-state index contributed by atoms with van der Waals surface area (Å²) in [5.41, 5.74) is 1.82. The van der Waals surface area contributed by atoms with Crippen molar-refractivity contribution in [3.8, 4) is 6.07 Å². The lowest BCUT2D eigenvalue weighted by Gasteiger charge is -2.30. The van der Waals surface area contributed by atoms with Crippen molar-refractivity contribution < 1.29 is 4.79 Å². The highest BCUT2D eigenvalue weighted by molar-refractivity contribution is 5.93. The lowest BCUT2D eigenvalue weighted by atomic mass is 10.00. The summed E-state index contributed by atoms with van der Waals surface area (Å²) in [6.07, 6.45) is 2.20. The number of likely N-dealkylation sites (tertiary alicyclic amines) is 1. The summed E-state index contributed by atoms with van der Waals surface area (Å²) < 4.78 is 0. The number of benzene rings is 1. The Labute approximate surface area is 147 Å². The fourth-order valence-corrected chi connectivity index (χ4v) is 3.05. The fourth-order valence-electron chi connectivity index (χ4n) is 3.05. The third kappa shape index (κ3) is 4.13. The monoisotopic (exact) mass is 335 g/mol. The Hall–Kier alpha value is -2.94. The van der Waals surface area contributed by atoms with Gasteiger partial charge in [0.05, 0.1) is 11.6 Å². The molecule has 2 aromatic rings. The van der Waals surface area contributed by atoms with Gasteiger partial charge in [-0.1, -0.05) is 6.92 Å². The zero-order valence-corrected chi connectivity index (χ0v) is 14.5. The van der Waals surface area contributed by atoms with Crippen LogP contribution in [0.25, 0.3) is 0 Å². The van der Waals surface area contributed by atoms with E-state index in [1.807, 2.05) is 17.0 Å². The number of aryl methyl sites for hydroxylation is 1. The standard InChI is InChI=1S/C19H21N5O/c1-13-4-3-9-24(12-13)19(25)17-10-18(22-14(2)21-17)23-16-7-5-15(11-20)6-8-16/h5-8,10,13H,3-4,9,12H2,1-2H3,(H,21,22,23). The third-order valence-electron chi connectivity index (χ3n) is 4.29. The smallest absolute Gasteiger partial charge is 0.272 e. The Kier molecular flexibility index (Phi) is 4.94. The first-order valence-corrected chi connectivity index (χ1v) is 8.47. The van der Waals surface area contributed by atoms with Crippen LogP contribution in [0.3, 0.4) is 0 Å². The third-order valence-corrected chi connectivity index (χ3v) is 4.29. The molecule has 3 rings (SSSR count). The molecule has 1 aliphatic rings. The molecule has 2 heterocycles. The van der Waals surface area contributed by atoms with Gasteiger partial charge in [0.2, 0.25) is 0 Å². The molecule has 1 unspecified atom stereocenters. The first-order valence-electron chi connectivity index (χ1n) is 8.47. The number of amides is 1. The SMILES string of the molecule is Cc1nc(Nc2ccc(C#N)cc2)cc(C(=O)N2CCCC(C)C2)n1. The molecule has 1 amide bonds. The summed E-state index contributed by atoms with van der Waals surface area (Å²) in [7, 11) is 0. The number of aromatic nitrogens is 2. The quantitative estimate of drug-likeness (QED) is 0.931. The van der Waals surface area contributed by atoms with E-state index in [9.17, 15) is 4.79 Å². The van der Waals surface area contributed by atoms with E-state index in [2.05, 4.69) is 28.3 Å². The van der Waals surface area contributed by atoms with Crippen LogP contribution < -0.4 is 5.32 Å². The number of carbonyl (C=O) groups excluding carboxylic acids is 1. The molecule has 1 fully saturated rings. The molecule has 128 valence electrons. The number of hydrogen-bond donors (Lipinski definition) is 1. The van der Waals surface area contributed by atoms with Crippen molar-refractivity contribution in [2.45, 2.75) is 26.7 Å². The van der Waals surface area contributed by atoms with Gasteiger partial charge in [-0.2, -0.15) is 5.26 Å². The molecule has 1 atom stereocenters. The second-order valence-corrected chi connectivity index (χ2v) is 6.50. The van der Waals surface area contributed by atoms with E-state index in [1.165, 1.54) is 0 Å². The molecule has 0 bridgehead atoms. The molecule has 6 nitrogen and oxygen atoms in total. The van der Waals surface area contributed by atoms with E-state index < -0.39 is 0 Å². The Balaban J connectivity index is 1.79. The molecule has 0 spiro atoms. The van der Waals surface area contributed by atoms with Crippen molar-refractivity contribution in [3.05, 3.63) is 47.4 Å². The van der Waals surface area contributed by atoms with Gasteiger partial charge in [-0.3, -0.25) is 4.79 Å². The molecular formula is C19H21N5O. The summed E-state index contributed by atoms with van der Waals surface area (Å²) in [6, 6.07) is 10.9. The predicted molar refractivity (Wildman–Crippen MR) is 95.5 cm³/mol. The summed E-state index contributed by atoms with van der Waals surface area (Å²) in [4.78, 5) is 23.3. The van der Waals surface area contributed by atoms with Crippen LogP contribution in [0.15, 0.2) is 30.3 Å². The first kappa shape index (κ1) is 16.9. The largest absolute Gasteiger partial charge is 0.340 e. The second-order valence-electron chi connectivity index (χ2n) is 6.50. The number of rotatable bonds is 3. The maximum atomic E-state index is 12.8. The average molecular weight is 335 g/mol. The van der Waals surface area contributed by atoms with Gasteiger partial charge >= 0.3 is 0 Å². The normalized spacial score (nSPS) is 17.0. The van der Waals surface area contributed by atoms with E-state index in [4.69, 9.17) is 5.26 Å². The van der Waals surface area contributed by atoms with Crippen molar-refractivity contribution in [3.63, 3.8) is 0 Å². The van der Waals surface area contributed by atoms with Gasteiger partial charge in [-0.25, -0.2) is 9.97 Å². The van der Waals surface area contributed by atoms with Crippen molar-refractivity contribution in [1.29, 1.82) is 5.26 Å². The number of hydrogen-bond acceptors (Lipinski definition) is 5. The van der Waals surface area contributed by atoms with Crippen LogP contribution in [0.4, 0.5) is 11.5 Å². The molecule has 1 aliphatic heterocycles. The molecule has 1 aromatic heterocycles. The highest BCUT2D eigenvalue weighted by Gasteiger charge is 2.23. The van der Waals surface area contributed by atoms with Crippen LogP contribution in [0.1, 0.15) is 41.6 Å². The summed E-state index contributed by atoms with van der Waals surface area (Å²) in [5.74, 6) is 1.61. The fraction of sp³-hybridized carbons (Fsp3) is 0.368. The number of carbonyl (C=O) groups is 1. The van der Waals surface area contributed by atoms with Gasteiger partial charge in [0.15, 0.2) is 0 Å². The van der Waals surface area contributed by atoms with Crippen LogP contribution in [-0.4, -0.2) is 33.9 Å². The van der Waals surface area contributed by atoms with Crippen molar-refractivity contribution >= 4 is 17.4 Å². The Morgan fingerprint density at radius 1 is 1.32 bits per heavy atom.